The summed E-state index contributed by atoms with van der Waals surface area (Å²) < 4.78 is 0. The van der Waals surface area contributed by atoms with E-state index in [-0.39, 0.29) is 11.4 Å². The van der Waals surface area contributed by atoms with Gasteiger partial charge in [-0.1, -0.05) is 48.5 Å². The zero-order chi connectivity index (χ0) is 28.5. The molecule has 40 heavy (non-hydrogen) atoms. The summed E-state index contributed by atoms with van der Waals surface area (Å²) >= 11 is 0. The molecule has 198 valence electrons. The van der Waals surface area contributed by atoms with E-state index < -0.39 is 21.7 Å². The summed E-state index contributed by atoms with van der Waals surface area (Å²) in [6.45, 7) is 0. The van der Waals surface area contributed by atoms with Crippen molar-refractivity contribution in [2.24, 2.45) is 10.2 Å². The zero-order valence-corrected chi connectivity index (χ0v) is 20.6. The molecule has 0 saturated carbocycles. The van der Waals surface area contributed by atoms with Crippen LogP contribution >= 0.6 is 0 Å². The summed E-state index contributed by atoms with van der Waals surface area (Å²) in [5, 5.41) is 29.4. The van der Waals surface area contributed by atoms with Gasteiger partial charge in [0.05, 0.1) is 22.3 Å². The van der Waals surface area contributed by atoms with Gasteiger partial charge in [0.15, 0.2) is 0 Å². The van der Waals surface area contributed by atoms with E-state index >= 15 is 0 Å². The average molecular weight is 537 g/mol. The number of hydrogen-bond acceptors (Lipinski definition) is 8. The van der Waals surface area contributed by atoms with Gasteiger partial charge >= 0.3 is 0 Å². The molecule has 0 aliphatic heterocycles. The molecule has 0 atom stereocenters. The maximum Gasteiger partial charge on any atom is 0.271 e. The van der Waals surface area contributed by atoms with Crippen molar-refractivity contribution in [2.45, 2.75) is 0 Å². The molecule has 0 aliphatic carbocycles. The molecule has 12 nitrogen and oxygen atoms in total. The largest absolute Gasteiger partial charge is 0.271 e. The number of hydrogen-bond donors (Lipinski definition) is 2. The summed E-state index contributed by atoms with van der Waals surface area (Å²) in [4.78, 5) is 45.4. The monoisotopic (exact) mass is 536 g/mol. The zero-order valence-electron chi connectivity index (χ0n) is 20.6. The van der Waals surface area contributed by atoms with E-state index in [4.69, 9.17) is 0 Å². The van der Waals surface area contributed by atoms with Gasteiger partial charge in [0, 0.05) is 46.5 Å². The lowest BCUT2D eigenvalue weighted by atomic mass is 10.0. The third-order valence-corrected chi connectivity index (χ3v) is 5.55. The Bertz CT molecular complexity index is 1510. The fraction of sp³-hybridized carbons (Fsp3) is 0. The van der Waals surface area contributed by atoms with E-state index in [9.17, 15) is 29.8 Å². The molecule has 4 rings (SSSR count). The molecule has 12 heteroatoms. The Morgan fingerprint density at radius 2 is 0.975 bits per heavy atom. The topological polar surface area (TPSA) is 169 Å². The Morgan fingerprint density at radius 3 is 1.32 bits per heavy atom. The predicted octanol–water partition coefficient (Wildman–Crippen LogP) is 4.70. The second-order valence-corrected chi connectivity index (χ2v) is 8.26. The smallest absolute Gasteiger partial charge is 0.267 e. The van der Waals surface area contributed by atoms with Crippen LogP contribution in [0.4, 0.5) is 11.4 Å². The van der Waals surface area contributed by atoms with Crippen molar-refractivity contribution < 1.29 is 19.4 Å². The Balaban J connectivity index is 1.33. The van der Waals surface area contributed by atoms with Crippen LogP contribution in [-0.4, -0.2) is 34.1 Å². The Hall–Kier alpha value is -6.04. The van der Waals surface area contributed by atoms with E-state index in [1.807, 2.05) is 0 Å². The van der Waals surface area contributed by atoms with Gasteiger partial charge in [-0.25, -0.2) is 10.9 Å². The van der Waals surface area contributed by atoms with Gasteiger partial charge in [-0.3, -0.25) is 29.8 Å². The van der Waals surface area contributed by atoms with Gasteiger partial charge in [-0.15, -0.1) is 0 Å². The molecular weight excluding hydrogens is 516 g/mol. The summed E-state index contributed by atoms with van der Waals surface area (Å²) in [5.74, 6) is -0.906. The maximum absolute atomic E-state index is 12.4. The number of hydrazone groups is 2. The molecule has 0 unspecified atom stereocenters. The van der Waals surface area contributed by atoms with Gasteiger partial charge in [-0.05, 0) is 35.4 Å². The second-order valence-electron chi connectivity index (χ2n) is 8.26. The number of nitrogens with zero attached hydrogens (tertiary/aromatic N) is 4. The first-order chi connectivity index (χ1) is 19.3. The molecular formula is C28H20N6O6. The quantitative estimate of drug-likeness (QED) is 0.178. The van der Waals surface area contributed by atoms with E-state index in [1.54, 1.807) is 60.7 Å². The normalized spacial score (nSPS) is 10.9. The lowest BCUT2D eigenvalue weighted by Crippen LogP contribution is -2.17. The summed E-state index contributed by atoms with van der Waals surface area (Å²) in [5.41, 5.74) is 7.89. The molecule has 4 aromatic carbocycles. The van der Waals surface area contributed by atoms with Crippen LogP contribution in [0.2, 0.25) is 0 Å². The fourth-order valence-corrected chi connectivity index (χ4v) is 3.53. The van der Waals surface area contributed by atoms with Crippen molar-refractivity contribution in [3.8, 4) is 11.1 Å². The molecule has 0 radical (unpaired) electrons. The fourth-order valence-electron chi connectivity index (χ4n) is 3.53. The Labute approximate surface area is 227 Å². The number of amides is 2. The van der Waals surface area contributed by atoms with Crippen LogP contribution < -0.4 is 10.9 Å². The molecule has 0 bridgehead atoms. The van der Waals surface area contributed by atoms with Gasteiger partial charge < -0.3 is 0 Å². The van der Waals surface area contributed by atoms with E-state index in [2.05, 4.69) is 21.1 Å². The molecule has 0 saturated heterocycles. The highest BCUT2D eigenvalue weighted by molar-refractivity contribution is 5.96. The van der Waals surface area contributed by atoms with Crippen LogP contribution in [0.1, 0.15) is 31.8 Å². The lowest BCUT2D eigenvalue weighted by Gasteiger charge is -2.05. The number of carbonyl (C=O) groups is 2. The molecule has 0 spiro atoms. The number of nitrogens with one attached hydrogen (secondary N) is 2. The molecule has 2 N–H and O–H groups in total. The number of nitro benzene ring substituents is 2. The molecule has 0 aromatic heterocycles. The summed E-state index contributed by atoms with van der Waals surface area (Å²) in [6, 6.07) is 25.2. The highest BCUT2D eigenvalue weighted by atomic mass is 16.6. The third kappa shape index (κ3) is 7.04. The number of carbonyl (C=O) groups excluding carboxylic acids is 2. The van der Waals surface area contributed by atoms with E-state index in [0.29, 0.717) is 22.3 Å². The second kappa shape index (κ2) is 12.5. The van der Waals surface area contributed by atoms with Crippen LogP contribution in [-0.2, 0) is 0 Å². The maximum atomic E-state index is 12.4. The molecule has 4 aromatic rings. The first-order valence-electron chi connectivity index (χ1n) is 11.7. The predicted molar refractivity (Wildman–Crippen MR) is 148 cm³/mol. The van der Waals surface area contributed by atoms with Crippen molar-refractivity contribution in [3.63, 3.8) is 0 Å². The van der Waals surface area contributed by atoms with Crippen LogP contribution in [0.5, 0.6) is 0 Å². The van der Waals surface area contributed by atoms with Gasteiger partial charge in [0.1, 0.15) is 0 Å². The average Bonchev–Trinajstić information content (AvgIpc) is 2.97. The number of benzene rings is 4. The van der Waals surface area contributed by atoms with Crippen molar-refractivity contribution >= 4 is 35.6 Å². The van der Waals surface area contributed by atoms with E-state index in [1.165, 1.54) is 48.8 Å². The minimum Gasteiger partial charge on any atom is -0.267 e. The third-order valence-electron chi connectivity index (χ3n) is 5.55. The van der Waals surface area contributed by atoms with Crippen LogP contribution in [0.3, 0.4) is 0 Å². The van der Waals surface area contributed by atoms with Gasteiger partial charge in [-0.2, -0.15) is 10.2 Å². The highest BCUT2D eigenvalue weighted by Crippen LogP contribution is 2.21. The van der Waals surface area contributed by atoms with Crippen molar-refractivity contribution in [1.82, 2.24) is 10.9 Å². The van der Waals surface area contributed by atoms with Gasteiger partial charge in [0.25, 0.3) is 23.2 Å². The highest BCUT2D eigenvalue weighted by Gasteiger charge is 2.09. The molecule has 0 heterocycles. The van der Waals surface area contributed by atoms with Crippen molar-refractivity contribution in [2.75, 3.05) is 0 Å². The lowest BCUT2D eigenvalue weighted by molar-refractivity contribution is -0.385. The molecule has 0 aliphatic rings. The summed E-state index contributed by atoms with van der Waals surface area (Å²) in [7, 11) is 0. The SMILES string of the molecule is O=C(N/N=C/c1cccc([N+](=O)[O-])c1)c1ccc(-c2ccc(C(=O)N/N=C/c3cccc([N+](=O)[O-])c3)cc2)cc1. The first kappa shape index (κ1) is 27.0. The minimum absolute atomic E-state index is 0.0776. The Kier molecular flexibility index (Phi) is 8.42. The standard InChI is InChI=1S/C28H20N6O6/c35-27(31-29-17-19-3-1-5-25(15-19)33(37)38)23-11-7-21(8-12-23)22-9-13-24(14-10-22)28(36)32-30-18-20-4-2-6-26(16-20)34(39)40/h1-18H,(H,31,35)(H,32,36)/b29-17+,30-18+. The number of rotatable bonds is 9. The minimum atomic E-state index is -0.514. The molecule has 0 fully saturated rings. The van der Waals surface area contributed by atoms with Gasteiger partial charge in [0.2, 0.25) is 0 Å². The van der Waals surface area contributed by atoms with E-state index in [0.717, 1.165) is 11.1 Å². The molecule has 2 amide bonds. The summed E-state index contributed by atoms with van der Waals surface area (Å²) in [6.07, 6.45) is 2.63. The van der Waals surface area contributed by atoms with Crippen LogP contribution in [0.25, 0.3) is 11.1 Å². The number of nitro groups is 2. The van der Waals surface area contributed by atoms with Crippen molar-refractivity contribution in [3.05, 3.63) is 140 Å². The first-order valence-corrected chi connectivity index (χ1v) is 11.7. The number of non-ortho nitro benzene ring substituents is 2. The van der Waals surface area contributed by atoms with Crippen LogP contribution in [0, 0.1) is 20.2 Å². The van der Waals surface area contributed by atoms with Crippen molar-refractivity contribution in [1.29, 1.82) is 0 Å². The Morgan fingerprint density at radius 1 is 0.600 bits per heavy atom. The van der Waals surface area contributed by atoms with Crippen LogP contribution in [0.15, 0.2) is 107 Å².